The normalized spacial score (nSPS) is 16.6. The molecule has 0 fully saturated rings. The van der Waals surface area contributed by atoms with Gasteiger partial charge in [-0.15, -0.1) is 0 Å². The highest BCUT2D eigenvalue weighted by Crippen LogP contribution is 2.36. The van der Waals surface area contributed by atoms with Crippen LogP contribution < -0.4 is 4.74 Å². The molecule has 0 spiro atoms. The molecule has 0 saturated carbocycles. The Morgan fingerprint density at radius 2 is 1.53 bits per heavy atom. The van der Waals surface area contributed by atoms with Gasteiger partial charge in [0.2, 0.25) is 0 Å². The third-order valence-electron chi connectivity index (χ3n) is 4.81. The molecule has 2 aromatic rings. The third kappa shape index (κ3) is 8.89. The fourth-order valence-corrected chi connectivity index (χ4v) is 3.71. The Kier molecular flexibility index (Phi) is 5.54. The number of hydrogen-bond acceptors (Lipinski definition) is 2. The van der Waals surface area contributed by atoms with E-state index in [1.165, 1.54) is 5.56 Å². The summed E-state index contributed by atoms with van der Waals surface area (Å²) in [5, 5.41) is 0. The standard InChI is InChI=1S/C27H42NO2/c1-26(2,3)22-27(4,5)24-13-15-25(16-14-24)30-20-19-29-18-17-28(6,7)21-23-11-9-8-10-12-23/h8-16H,17-22H2,1-7H3/q+1/i8D,9D,10D,11D,12D,21D2. The highest BCUT2D eigenvalue weighted by Gasteiger charge is 2.27. The molecule has 30 heavy (non-hydrogen) atoms. The maximum atomic E-state index is 8.64. The van der Waals surface area contributed by atoms with Crippen LogP contribution in [0.2, 0.25) is 0 Å². The van der Waals surface area contributed by atoms with E-state index in [-0.39, 0.29) is 34.0 Å². The fourth-order valence-electron chi connectivity index (χ4n) is 3.71. The summed E-state index contributed by atoms with van der Waals surface area (Å²) in [6.07, 6.45) is 1.07. The van der Waals surface area contributed by atoms with Crippen molar-refractivity contribution in [1.29, 1.82) is 0 Å². The summed E-state index contributed by atoms with van der Waals surface area (Å²) >= 11 is 0. The second-order valence-corrected chi connectivity index (χ2v) is 10.1. The van der Waals surface area contributed by atoms with Crippen molar-refractivity contribution < 1.29 is 23.6 Å². The van der Waals surface area contributed by atoms with Crippen LogP contribution in [0, 0.1) is 5.41 Å². The van der Waals surface area contributed by atoms with E-state index in [1.807, 2.05) is 12.1 Å². The molecule has 0 aliphatic heterocycles. The van der Waals surface area contributed by atoms with Gasteiger partial charge in [0.05, 0.1) is 36.9 Å². The zero-order valence-electron chi connectivity index (χ0n) is 26.6. The summed E-state index contributed by atoms with van der Waals surface area (Å²) in [4.78, 5) is 0. The Balaban J connectivity index is 1.91. The maximum absolute atomic E-state index is 8.64. The molecule has 0 aliphatic carbocycles. The first-order valence-electron chi connectivity index (χ1n) is 14.0. The van der Waals surface area contributed by atoms with Crippen LogP contribution in [0.3, 0.4) is 0 Å². The van der Waals surface area contributed by atoms with Crippen LogP contribution in [0.4, 0.5) is 0 Å². The van der Waals surface area contributed by atoms with Crippen molar-refractivity contribution in [3.05, 3.63) is 65.6 Å². The van der Waals surface area contributed by atoms with Crippen molar-refractivity contribution in [2.75, 3.05) is 40.5 Å². The van der Waals surface area contributed by atoms with E-state index in [4.69, 9.17) is 19.1 Å². The lowest BCUT2D eigenvalue weighted by atomic mass is 9.72. The minimum Gasteiger partial charge on any atom is -0.491 e. The molecule has 3 heteroatoms. The van der Waals surface area contributed by atoms with Crippen molar-refractivity contribution in [3.8, 4) is 5.75 Å². The van der Waals surface area contributed by atoms with Gasteiger partial charge >= 0.3 is 0 Å². The minimum absolute atomic E-state index is 0.0605. The third-order valence-corrected chi connectivity index (χ3v) is 4.81. The summed E-state index contributed by atoms with van der Waals surface area (Å²) in [7, 11) is 3.23. The summed E-state index contributed by atoms with van der Waals surface area (Å²) in [6, 6.07) is 5.47. The molecule has 0 atom stereocenters. The Morgan fingerprint density at radius 3 is 2.13 bits per heavy atom. The van der Waals surface area contributed by atoms with Crippen molar-refractivity contribution in [2.45, 2.75) is 53.0 Å². The van der Waals surface area contributed by atoms with Crippen LogP contribution in [0.25, 0.3) is 0 Å². The molecule has 0 aliphatic rings. The van der Waals surface area contributed by atoms with Crippen LogP contribution >= 0.6 is 0 Å². The summed E-state index contributed by atoms with van der Waals surface area (Å²) in [6.45, 7) is 10.1. The quantitative estimate of drug-likeness (QED) is 0.325. The van der Waals surface area contributed by atoms with Crippen molar-refractivity contribution in [1.82, 2.24) is 0 Å². The Bertz CT molecular complexity index is 1050. The number of likely N-dealkylation sites (N-methyl/N-ethyl adjacent to an activating group) is 1. The predicted octanol–water partition coefficient (Wildman–Crippen LogP) is 6.07. The second-order valence-electron chi connectivity index (χ2n) is 10.1. The lowest BCUT2D eigenvalue weighted by Crippen LogP contribution is -2.41. The molecule has 3 nitrogen and oxygen atoms in total. The molecule has 0 aromatic heterocycles. The minimum atomic E-state index is -2.23. The molecular weight excluding hydrogens is 370 g/mol. The number of hydrogen-bond donors (Lipinski definition) is 0. The summed E-state index contributed by atoms with van der Waals surface area (Å²) in [5.74, 6) is 0.757. The topological polar surface area (TPSA) is 18.5 Å². The van der Waals surface area contributed by atoms with Crippen molar-refractivity contribution in [2.24, 2.45) is 5.41 Å². The number of ether oxygens (including phenoxy) is 2. The van der Waals surface area contributed by atoms with Gasteiger partial charge in [0.15, 0.2) is 0 Å². The van der Waals surface area contributed by atoms with E-state index in [0.717, 1.165) is 12.2 Å². The van der Waals surface area contributed by atoms with Crippen LogP contribution in [-0.2, 0) is 16.6 Å². The molecule has 0 unspecified atom stereocenters. The molecule has 0 radical (unpaired) electrons. The highest BCUT2D eigenvalue weighted by molar-refractivity contribution is 5.31. The van der Waals surface area contributed by atoms with Crippen molar-refractivity contribution in [3.63, 3.8) is 0 Å². The van der Waals surface area contributed by atoms with Gasteiger partial charge in [-0.3, -0.25) is 0 Å². The van der Waals surface area contributed by atoms with E-state index >= 15 is 0 Å². The SMILES string of the molecule is [2H]c1c([2H])c([2H])c(C([2H])([2H])[N+](C)(C)CCOCCOc2ccc(C(C)(C)CC(C)(C)C)cc2)c([2H])c1[2H]. The molecule has 2 aromatic carbocycles. The molecule has 0 heterocycles. The first-order chi connectivity index (χ1) is 16.8. The lowest BCUT2D eigenvalue weighted by Gasteiger charge is -2.33. The van der Waals surface area contributed by atoms with Gasteiger partial charge in [0.1, 0.15) is 25.4 Å². The average molecular weight is 420 g/mol. The Labute approximate surface area is 194 Å². The lowest BCUT2D eigenvalue weighted by molar-refractivity contribution is -0.904. The smallest absolute Gasteiger partial charge is 0.119 e. The Morgan fingerprint density at radius 1 is 0.900 bits per heavy atom. The number of benzene rings is 2. The molecule has 2 rings (SSSR count). The number of nitrogens with zero attached hydrogens (tertiary/aromatic N) is 1. The van der Waals surface area contributed by atoms with Gasteiger partial charge < -0.3 is 14.0 Å². The number of quaternary nitrogens is 1. The van der Waals surface area contributed by atoms with E-state index < -0.39 is 36.7 Å². The molecule has 0 N–H and O–H groups in total. The van der Waals surface area contributed by atoms with Crippen LogP contribution in [0.15, 0.2) is 54.5 Å². The van der Waals surface area contributed by atoms with E-state index in [1.54, 1.807) is 14.1 Å². The fraction of sp³-hybridized carbons (Fsp3) is 0.556. The van der Waals surface area contributed by atoms with Crippen LogP contribution in [0.1, 0.15) is 61.8 Å². The maximum Gasteiger partial charge on any atom is 0.119 e. The average Bonchev–Trinajstić information content (AvgIpc) is 2.77. The molecule has 0 amide bonds. The second kappa shape index (κ2) is 10.5. The van der Waals surface area contributed by atoms with Crippen molar-refractivity contribution >= 4 is 0 Å². The number of rotatable bonds is 11. The Hall–Kier alpha value is -1.84. The molecular formula is C27H42NO2+. The predicted molar refractivity (Wildman–Crippen MR) is 127 cm³/mol. The van der Waals surface area contributed by atoms with E-state index in [2.05, 4.69) is 46.8 Å². The molecule has 0 saturated heterocycles. The monoisotopic (exact) mass is 419 g/mol. The highest BCUT2D eigenvalue weighted by atomic mass is 16.5. The molecule has 166 valence electrons. The van der Waals surface area contributed by atoms with Gasteiger partial charge in [-0.25, -0.2) is 0 Å². The van der Waals surface area contributed by atoms with E-state index in [9.17, 15) is 0 Å². The van der Waals surface area contributed by atoms with Gasteiger partial charge in [-0.1, -0.05) is 77.0 Å². The summed E-state index contributed by atoms with van der Waals surface area (Å²) < 4.78 is 68.2. The molecule has 0 bridgehead atoms. The van der Waals surface area contributed by atoms with E-state index in [0.29, 0.717) is 13.2 Å². The van der Waals surface area contributed by atoms with Gasteiger partial charge in [-0.2, -0.15) is 0 Å². The zero-order valence-corrected chi connectivity index (χ0v) is 19.6. The first kappa shape index (κ1) is 15.9. The zero-order chi connectivity index (χ0) is 28.4. The largest absolute Gasteiger partial charge is 0.491 e. The van der Waals surface area contributed by atoms with Gasteiger partial charge in [0, 0.05) is 5.56 Å². The van der Waals surface area contributed by atoms with Gasteiger partial charge in [0.25, 0.3) is 0 Å². The van der Waals surface area contributed by atoms with Crippen LogP contribution in [0.5, 0.6) is 5.75 Å². The van der Waals surface area contributed by atoms with Crippen LogP contribution in [-0.4, -0.2) is 44.9 Å². The first-order valence-corrected chi connectivity index (χ1v) is 10.5. The van der Waals surface area contributed by atoms with Gasteiger partial charge in [-0.05, 0) is 34.9 Å². The summed E-state index contributed by atoms with van der Waals surface area (Å²) in [5.41, 5.74) is 1.21.